The smallest absolute Gasteiger partial charge is 0.246 e. The van der Waals surface area contributed by atoms with Gasteiger partial charge in [0, 0.05) is 18.5 Å². The van der Waals surface area contributed by atoms with Gasteiger partial charge in [-0.3, -0.25) is 4.79 Å². The summed E-state index contributed by atoms with van der Waals surface area (Å²) in [6.07, 6.45) is 1.04. The molecule has 0 aliphatic heterocycles. The first-order valence-electron chi connectivity index (χ1n) is 6.30. The molecule has 0 aliphatic rings. The SMILES string of the molecule is C=C(C)C(=O)NCCC[N+](CC)(CC)CC.[CH3-]. The molecule has 0 aromatic heterocycles. The molecule has 102 valence electrons. The van der Waals surface area contributed by atoms with E-state index in [-0.39, 0.29) is 13.3 Å². The molecule has 0 rings (SSSR count). The molecule has 0 radical (unpaired) electrons. The third kappa shape index (κ3) is 6.47. The number of amides is 1. The van der Waals surface area contributed by atoms with Crippen LogP contribution in [0.3, 0.4) is 0 Å². The van der Waals surface area contributed by atoms with E-state index in [0.29, 0.717) is 5.57 Å². The standard InChI is InChI=1S/C13H26N2O.CH3/c1-6-15(7-2,8-3)11-9-10-14-13(16)12(4)5;/h4,6-11H2,1-3,5H3;1H3/q;-1/p+1. The van der Waals surface area contributed by atoms with Gasteiger partial charge in [-0.15, -0.1) is 0 Å². The van der Waals surface area contributed by atoms with Gasteiger partial charge in [-0.2, -0.15) is 0 Å². The zero-order valence-electron chi connectivity index (χ0n) is 12.3. The van der Waals surface area contributed by atoms with E-state index in [9.17, 15) is 4.79 Å². The Balaban J connectivity index is 0. The zero-order chi connectivity index (χ0) is 12.6. The van der Waals surface area contributed by atoms with Crippen molar-refractivity contribution in [2.75, 3.05) is 32.7 Å². The molecule has 0 heterocycles. The van der Waals surface area contributed by atoms with Crippen LogP contribution in [0.2, 0.25) is 0 Å². The molecule has 1 amide bonds. The minimum Gasteiger partial charge on any atom is -0.358 e. The van der Waals surface area contributed by atoms with Crippen LogP contribution in [0.15, 0.2) is 12.2 Å². The molecule has 0 aliphatic carbocycles. The van der Waals surface area contributed by atoms with Gasteiger partial charge < -0.3 is 17.2 Å². The zero-order valence-corrected chi connectivity index (χ0v) is 12.3. The lowest BCUT2D eigenvalue weighted by molar-refractivity contribution is -0.923. The van der Waals surface area contributed by atoms with Crippen LogP contribution in [0.4, 0.5) is 0 Å². The van der Waals surface area contributed by atoms with Crippen LogP contribution in [0.1, 0.15) is 34.1 Å². The molecule has 3 heteroatoms. The second-order valence-electron chi connectivity index (χ2n) is 4.40. The lowest BCUT2D eigenvalue weighted by Gasteiger charge is -2.35. The van der Waals surface area contributed by atoms with Crippen molar-refractivity contribution in [3.05, 3.63) is 19.6 Å². The normalized spacial score (nSPS) is 10.6. The highest BCUT2D eigenvalue weighted by Crippen LogP contribution is 2.06. The Kier molecular flexibility index (Phi) is 10.1. The Hall–Kier alpha value is -0.830. The summed E-state index contributed by atoms with van der Waals surface area (Å²) in [5.74, 6) is -0.0254. The summed E-state index contributed by atoms with van der Waals surface area (Å²) in [4.78, 5) is 11.3. The van der Waals surface area contributed by atoms with Crippen LogP contribution < -0.4 is 5.32 Å². The van der Waals surface area contributed by atoms with Crippen LogP contribution >= 0.6 is 0 Å². The summed E-state index contributed by atoms with van der Waals surface area (Å²) < 4.78 is 1.14. The summed E-state index contributed by atoms with van der Waals surface area (Å²) in [6, 6.07) is 0. The topological polar surface area (TPSA) is 29.1 Å². The lowest BCUT2D eigenvalue weighted by atomic mass is 10.2. The largest absolute Gasteiger partial charge is 0.358 e. The van der Waals surface area contributed by atoms with Crippen LogP contribution in [-0.2, 0) is 4.79 Å². The fraction of sp³-hybridized carbons (Fsp3) is 0.714. The molecule has 0 spiro atoms. The summed E-state index contributed by atoms with van der Waals surface area (Å²) >= 11 is 0. The Labute approximate surface area is 107 Å². The summed E-state index contributed by atoms with van der Waals surface area (Å²) in [5.41, 5.74) is 0.585. The Morgan fingerprint density at radius 1 is 1.18 bits per heavy atom. The fourth-order valence-corrected chi connectivity index (χ4v) is 1.91. The van der Waals surface area contributed by atoms with E-state index in [1.165, 1.54) is 19.6 Å². The first-order chi connectivity index (χ1) is 7.51. The Bertz CT molecular complexity index is 224. The van der Waals surface area contributed by atoms with Crippen LogP contribution in [0.5, 0.6) is 0 Å². The van der Waals surface area contributed by atoms with Crippen molar-refractivity contribution in [1.82, 2.24) is 5.32 Å². The highest BCUT2D eigenvalue weighted by Gasteiger charge is 2.19. The van der Waals surface area contributed by atoms with E-state index in [4.69, 9.17) is 0 Å². The second kappa shape index (κ2) is 9.23. The molecule has 0 atom stereocenters. The average molecular weight is 242 g/mol. The van der Waals surface area contributed by atoms with Crippen molar-refractivity contribution < 1.29 is 9.28 Å². The van der Waals surface area contributed by atoms with Crippen molar-refractivity contribution in [1.29, 1.82) is 0 Å². The molecule has 0 fully saturated rings. The molecule has 0 bridgehead atoms. The quantitative estimate of drug-likeness (QED) is 0.301. The molecule has 0 aromatic rings. The molecule has 1 N–H and O–H groups in total. The lowest BCUT2D eigenvalue weighted by Crippen LogP contribution is -2.48. The second-order valence-corrected chi connectivity index (χ2v) is 4.40. The van der Waals surface area contributed by atoms with E-state index < -0.39 is 0 Å². The van der Waals surface area contributed by atoms with Crippen LogP contribution in [0, 0.1) is 7.43 Å². The van der Waals surface area contributed by atoms with Gasteiger partial charge >= 0.3 is 0 Å². The molecule has 0 saturated carbocycles. The van der Waals surface area contributed by atoms with Crippen molar-refractivity contribution >= 4 is 5.91 Å². The van der Waals surface area contributed by atoms with Crippen molar-refractivity contribution in [3.8, 4) is 0 Å². The number of carbonyl (C=O) groups is 1. The van der Waals surface area contributed by atoms with Crippen LogP contribution in [0.25, 0.3) is 0 Å². The summed E-state index contributed by atoms with van der Waals surface area (Å²) in [6.45, 7) is 17.5. The van der Waals surface area contributed by atoms with Crippen molar-refractivity contribution in [2.24, 2.45) is 0 Å². The van der Waals surface area contributed by atoms with Gasteiger partial charge in [0.1, 0.15) is 0 Å². The number of nitrogens with zero attached hydrogens (tertiary/aromatic N) is 1. The molecule has 0 saturated heterocycles. The van der Waals surface area contributed by atoms with E-state index >= 15 is 0 Å². The number of nitrogens with one attached hydrogen (secondary N) is 1. The highest BCUT2D eigenvalue weighted by molar-refractivity contribution is 5.91. The third-order valence-electron chi connectivity index (χ3n) is 3.49. The van der Waals surface area contributed by atoms with Gasteiger partial charge in [-0.1, -0.05) is 6.58 Å². The first kappa shape index (κ1) is 18.5. The minimum atomic E-state index is -0.0254. The van der Waals surface area contributed by atoms with E-state index in [1.807, 2.05) is 0 Å². The maximum Gasteiger partial charge on any atom is 0.246 e. The number of hydrogen-bond acceptors (Lipinski definition) is 1. The number of rotatable bonds is 8. The van der Waals surface area contributed by atoms with Gasteiger partial charge in [-0.25, -0.2) is 0 Å². The maximum atomic E-state index is 11.3. The fourth-order valence-electron chi connectivity index (χ4n) is 1.91. The maximum absolute atomic E-state index is 11.3. The molecular weight excluding hydrogens is 212 g/mol. The van der Waals surface area contributed by atoms with Gasteiger partial charge in [0.15, 0.2) is 0 Å². The monoisotopic (exact) mass is 242 g/mol. The molecule has 3 nitrogen and oxygen atoms in total. The Morgan fingerprint density at radius 3 is 2.00 bits per heavy atom. The van der Waals surface area contributed by atoms with Gasteiger partial charge in [0.2, 0.25) is 5.91 Å². The predicted octanol–water partition coefficient (Wildman–Crippen LogP) is 2.40. The minimum absolute atomic E-state index is 0. The van der Waals surface area contributed by atoms with Crippen LogP contribution in [-0.4, -0.2) is 43.1 Å². The molecule has 0 aromatic carbocycles. The number of quaternary nitrogens is 1. The summed E-state index contributed by atoms with van der Waals surface area (Å²) in [5, 5.41) is 2.88. The van der Waals surface area contributed by atoms with E-state index in [2.05, 4.69) is 32.7 Å². The molecule has 0 unspecified atom stereocenters. The van der Waals surface area contributed by atoms with Gasteiger partial charge in [-0.05, 0) is 27.7 Å². The predicted molar refractivity (Wildman–Crippen MR) is 75.6 cm³/mol. The molecular formula is C14H30N2O. The first-order valence-corrected chi connectivity index (χ1v) is 6.30. The van der Waals surface area contributed by atoms with Crippen molar-refractivity contribution in [2.45, 2.75) is 34.1 Å². The van der Waals surface area contributed by atoms with E-state index in [0.717, 1.165) is 24.0 Å². The number of carbonyl (C=O) groups excluding carboxylic acids is 1. The van der Waals surface area contributed by atoms with Gasteiger partial charge in [0.25, 0.3) is 0 Å². The summed E-state index contributed by atoms with van der Waals surface area (Å²) in [7, 11) is 0. The molecule has 17 heavy (non-hydrogen) atoms. The number of hydrogen-bond donors (Lipinski definition) is 1. The third-order valence-corrected chi connectivity index (χ3v) is 3.49. The van der Waals surface area contributed by atoms with Crippen molar-refractivity contribution in [3.63, 3.8) is 0 Å². The Morgan fingerprint density at radius 2 is 1.65 bits per heavy atom. The highest BCUT2D eigenvalue weighted by atomic mass is 16.1. The average Bonchev–Trinajstić information content (AvgIpc) is 2.30. The van der Waals surface area contributed by atoms with Gasteiger partial charge in [0.05, 0.1) is 26.2 Å². The van der Waals surface area contributed by atoms with E-state index in [1.54, 1.807) is 6.92 Å².